The minimum atomic E-state index is -0.305. The number of methoxy groups -OCH3 is 1. The van der Waals surface area contributed by atoms with Gasteiger partial charge in [0.25, 0.3) is 0 Å². The Morgan fingerprint density at radius 2 is 2.08 bits per heavy atom. The lowest BCUT2D eigenvalue weighted by molar-refractivity contribution is -0.115. The minimum absolute atomic E-state index is 0.0471. The summed E-state index contributed by atoms with van der Waals surface area (Å²) < 4.78 is 10.4. The van der Waals surface area contributed by atoms with Crippen LogP contribution in [0.4, 0.5) is 5.69 Å². The maximum atomic E-state index is 12.2. The summed E-state index contributed by atoms with van der Waals surface area (Å²) in [5, 5.41) is 7.17. The van der Waals surface area contributed by atoms with Crippen LogP contribution in [-0.4, -0.2) is 23.2 Å². The molecule has 0 radical (unpaired) electrons. The van der Waals surface area contributed by atoms with E-state index in [0.29, 0.717) is 22.3 Å². The van der Waals surface area contributed by atoms with Gasteiger partial charge >= 0.3 is 0 Å². The van der Waals surface area contributed by atoms with Gasteiger partial charge in [0.2, 0.25) is 17.6 Å². The molecule has 0 unspecified atom stereocenters. The van der Waals surface area contributed by atoms with Gasteiger partial charge in [-0.25, -0.2) is 0 Å². The largest absolute Gasteiger partial charge is 0.495 e. The van der Waals surface area contributed by atoms with E-state index in [1.165, 1.54) is 7.11 Å². The van der Waals surface area contributed by atoms with Gasteiger partial charge in [0.1, 0.15) is 12.2 Å². The first-order chi connectivity index (χ1) is 12.1. The van der Waals surface area contributed by atoms with Crippen molar-refractivity contribution < 1.29 is 14.1 Å². The van der Waals surface area contributed by atoms with E-state index in [9.17, 15) is 4.79 Å². The Morgan fingerprint density at radius 1 is 1.28 bits per heavy atom. The van der Waals surface area contributed by atoms with Crippen molar-refractivity contribution in [3.05, 3.63) is 58.9 Å². The first-order valence-corrected chi connectivity index (χ1v) is 7.96. The molecule has 6 nitrogen and oxygen atoms in total. The van der Waals surface area contributed by atoms with E-state index in [4.69, 9.17) is 20.9 Å². The van der Waals surface area contributed by atoms with Crippen molar-refractivity contribution in [2.24, 2.45) is 0 Å². The Balaban J connectivity index is 1.72. The Bertz CT molecular complexity index is 908. The lowest BCUT2D eigenvalue weighted by Gasteiger charge is -2.09. The van der Waals surface area contributed by atoms with E-state index in [0.717, 1.165) is 11.1 Å². The van der Waals surface area contributed by atoms with Crippen LogP contribution in [0, 0.1) is 6.92 Å². The Kier molecular flexibility index (Phi) is 5.00. The third-order valence-electron chi connectivity index (χ3n) is 3.60. The summed E-state index contributed by atoms with van der Waals surface area (Å²) in [5.74, 6) is 0.905. The van der Waals surface area contributed by atoms with Crippen LogP contribution in [0.25, 0.3) is 11.4 Å². The summed E-state index contributed by atoms with van der Waals surface area (Å²) in [4.78, 5) is 16.5. The second-order valence-corrected chi connectivity index (χ2v) is 5.83. The number of nitrogens with zero attached hydrogens (tertiary/aromatic N) is 2. The second kappa shape index (κ2) is 7.36. The van der Waals surface area contributed by atoms with Gasteiger partial charge in [-0.15, -0.1) is 0 Å². The van der Waals surface area contributed by atoms with Crippen molar-refractivity contribution in [3.8, 4) is 17.1 Å². The number of nitrogens with one attached hydrogen (secondary N) is 1. The molecule has 0 fully saturated rings. The highest BCUT2D eigenvalue weighted by atomic mass is 35.5. The molecule has 1 aromatic heterocycles. The number of hydrogen-bond donors (Lipinski definition) is 1. The molecule has 0 aliphatic carbocycles. The minimum Gasteiger partial charge on any atom is -0.495 e. The zero-order valence-corrected chi connectivity index (χ0v) is 14.5. The van der Waals surface area contributed by atoms with Crippen LogP contribution < -0.4 is 10.1 Å². The molecule has 0 aliphatic rings. The van der Waals surface area contributed by atoms with Crippen LogP contribution in [0.3, 0.4) is 0 Å². The molecule has 128 valence electrons. The Hall–Kier alpha value is -2.86. The summed E-state index contributed by atoms with van der Waals surface area (Å²) in [6.07, 6.45) is -0.0471. The number of benzene rings is 2. The van der Waals surface area contributed by atoms with Gasteiger partial charge in [-0.1, -0.05) is 41.0 Å². The summed E-state index contributed by atoms with van der Waals surface area (Å²) >= 11 is 5.96. The number of carbonyl (C=O) groups is 1. The molecule has 7 heteroatoms. The Morgan fingerprint density at radius 3 is 2.84 bits per heavy atom. The first kappa shape index (κ1) is 17.0. The van der Waals surface area contributed by atoms with E-state index < -0.39 is 0 Å². The van der Waals surface area contributed by atoms with Crippen molar-refractivity contribution in [1.29, 1.82) is 0 Å². The number of aromatic nitrogens is 2. The molecule has 0 bridgehead atoms. The van der Waals surface area contributed by atoms with Gasteiger partial charge in [0.15, 0.2) is 0 Å². The molecule has 1 N–H and O–H groups in total. The van der Waals surface area contributed by atoms with Crippen molar-refractivity contribution in [2.75, 3.05) is 12.4 Å². The molecule has 3 rings (SSSR count). The molecular weight excluding hydrogens is 342 g/mol. The molecule has 25 heavy (non-hydrogen) atoms. The quantitative estimate of drug-likeness (QED) is 0.749. The van der Waals surface area contributed by atoms with Crippen molar-refractivity contribution in [2.45, 2.75) is 13.3 Å². The SMILES string of the molecule is COc1ccc(Cl)cc1NC(=O)Cc1nc(-c2ccccc2C)no1. The van der Waals surface area contributed by atoms with Crippen LogP contribution in [0.1, 0.15) is 11.5 Å². The summed E-state index contributed by atoms with van der Waals surface area (Å²) in [7, 11) is 1.52. The molecule has 0 saturated heterocycles. The van der Waals surface area contributed by atoms with E-state index in [2.05, 4.69) is 15.5 Å². The summed E-state index contributed by atoms with van der Waals surface area (Å²) in [5.41, 5.74) is 2.39. The van der Waals surface area contributed by atoms with E-state index >= 15 is 0 Å². The van der Waals surface area contributed by atoms with E-state index in [1.54, 1.807) is 18.2 Å². The summed E-state index contributed by atoms with van der Waals surface area (Å²) in [6, 6.07) is 12.7. The summed E-state index contributed by atoms with van der Waals surface area (Å²) in [6.45, 7) is 1.96. The van der Waals surface area contributed by atoms with Crippen molar-refractivity contribution in [3.63, 3.8) is 0 Å². The average molecular weight is 358 g/mol. The third-order valence-corrected chi connectivity index (χ3v) is 3.84. The average Bonchev–Trinajstić information content (AvgIpc) is 3.03. The van der Waals surface area contributed by atoms with Gasteiger partial charge in [-0.05, 0) is 30.7 Å². The van der Waals surface area contributed by atoms with Crippen molar-refractivity contribution in [1.82, 2.24) is 10.1 Å². The molecule has 0 aliphatic heterocycles. The molecular formula is C18H16ClN3O3. The fraction of sp³-hybridized carbons (Fsp3) is 0.167. The number of rotatable bonds is 5. The predicted molar refractivity (Wildman–Crippen MR) is 94.8 cm³/mol. The molecule has 0 atom stereocenters. The number of carbonyl (C=O) groups excluding carboxylic acids is 1. The number of ether oxygens (including phenoxy) is 1. The number of hydrogen-bond acceptors (Lipinski definition) is 5. The maximum absolute atomic E-state index is 12.2. The van der Waals surface area contributed by atoms with Gasteiger partial charge in [0, 0.05) is 10.6 Å². The molecule has 3 aromatic rings. The van der Waals surface area contributed by atoms with Gasteiger partial charge < -0.3 is 14.6 Å². The first-order valence-electron chi connectivity index (χ1n) is 7.59. The fourth-order valence-corrected chi connectivity index (χ4v) is 2.54. The van der Waals surface area contributed by atoms with Crippen LogP contribution in [-0.2, 0) is 11.2 Å². The van der Waals surface area contributed by atoms with Crippen LogP contribution in [0.15, 0.2) is 47.0 Å². The van der Waals surface area contributed by atoms with Gasteiger partial charge in [-0.3, -0.25) is 4.79 Å². The highest BCUT2D eigenvalue weighted by Gasteiger charge is 2.15. The number of halogens is 1. The molecule has 1 heterocycles. The van der Waals surface area contributed by atoms with Crippen LogP contribution in [0.5, 0.6) is 5.75 Å². The lowest BCUT2D eigenvalue weighted by Crippen LogP contribution is -2.15. The normalized spacial score (nSPS) is 10.5. The zero-order valence-electron chi connectivity index (χ0n) is 13.7. The molecule has 0 saturated carbocycles. The van der Waals surface area contributed by atoms with Crippen LogP contribution in [0.2, 0.25) is 5.02 Å². The molecule has 0 spiro atoms. The monoisotopic (exact) mass is 357 g/mol. The van der Waals surface area contributed by atoms with Gasteiger partial charge in [-0.2, -0.15) is 4.98 Å². The fourth-order valence-electron chi connectivity index (χ4n) is 2.37. The number of aryl methyl sites for hydroxylation is 1. The van der Waals surface area contributed by atoms with E-state index in [-0.39, 0.29) is 18.2 Å². The smallest absolute Gasteiger partial charge is 0.236 e. The standard InChI is InChI=1S/C18H16ClN3O3/c1-11-5-3-4-6-13(11)18-21-17(25-22-18)10-16(23)20-14-9-12(19)7-8-15(14)24-2/h3-9H,10H2,1-2H3,(H,20,23). The topological polar surface area (TPSA) is 77.2 Å². The number of anilines is 1. The zero-order chi connectivity index (χ0) is 17.8. The lowest BCUT2D eigenvalue weighted by atomic mass is 10.1. The highest BCUT2D eigenvalue weighted by molar-refractivity contribution is 6.31. The van der Waals surface area contributed by atoms with Gasteiger partial charge in [0.05, 0.1) is 12.8 Å². The van der Waals surface area contributed by atoms with E-state index in [1.807, 2.05) is 31.2 Å². The van der Waals surface area contributed by atoms with Crippen molar-refractivity contribution >= 4 is 23.2 Å². The highest BCUT2D eigenvalue weighted by Crippen LogP contribution is 2.28. The molecule has 1 amide bonds. The molecule has 2 aromatic carbocycles. The Labute approximate surface area is 149 Å². The third kappa shape index (κ3) is 3.97. The van der Waals surface area contributed by atoms with Crippen LogP contribution >= 0.6 is 11.6 Å². The number of amides is 1. The predicted octanol–water partition coefficient (Wildman–Crippen LogP) is 3.89. The second-order valence-electron chi connectivity index (χ2n) is 5.40. The maximum Gasteiger partial charge on any atom is 0.236 e.